The summed E-state index contributed by atoms with van der Waals surface area (Å²) in [6.45, 7) is 1.43. The number of carboxylic acids is 1. The van der Waals surface area contributed by atoms with E-state index in [1.807, 2.05) is 0 Å². The largest absolute Gasteiger partial charge is 0.480 e. The number of anilines is 1. The first-order chi connectivity index (χ1) is 7.41. The summed E-state index contributed by atoms with van der Waals surface area (Å²) in [5, 5.41) is 11.6. The van der Waals surface area contributed by atoms with Crippen LogP contribution >= 0.6 is 27.3 Å². The Hall–Kier alpha value is -1.15. The lowest BCUT2D eigenvalue weighted by Crippen LogP contribution is -2.42. The highest BCUT2D eigenvalue weighted by Crippen LogP contribution is 2.23. The number of carboxylic acid groups (broad SMARTS) is 1. The molecule has 2 N–H and O–H groups in total. The molecular weight excluding hydrogens is 298 g/mol. The maximum absolute atomic E-state index is 11.6. The van der Waals surface area contributed by atoms with Crippen LogP contribution in [-0.2, 0) is 4.79 Å². The van der Waals surface area contributed by atoms with Crippen LogP contribution in [0.5, 0.6) is 0 Å². The first-order valence-electron chi connectivity index (χ1n) is 4.29. The van der Waals surface area contributed by atoms with E-state index >= 15 is 0 Å². The van der Waals surface area contributed by atoms with Crippen molar-refractivity contribution in [2.75, 3.05) is 12.4 Å². The molecule has 0 spiro atoms. The van der Waals surface area contributed by atoms with E-state index in [2.05, 4.69) is 26.2 Å². The van der Waals surface area contributed by atoms with Crippen molar-refractivity contribution < 1.29 is 14.7 Å². The molecular formula is C8H10BrN3O3S. The molecule has 0 radical (unpaired) electrons. The van der Waals surface area contributed by atoms with Crippen LogP contribution in [0.1, 0.15) is 6.92 Å². The van der Waals surface area contributed by atoms with Crippen molar-refractivity contribution in [1.82, 2.24) is 9.88 Å². The number of rotatable bonds is 3. The van der Waals surface area contributed by atoms with Gasteiger partial charge in [-0.25, -0.2) is 14.6 Å². The number of amides is 2. The predicted molar refractivity (Wildman–Crippen MR) is 63.7 cm³/mol. The van der Waals surface area contributed by atoms with E-state index in [1.165, 1.54) is 25.3 Å². The van der Waals surface area contributed by atoms with Gasteiger partial charge in [-0.2, -0.15) is 0 Å². The van der Waals surface area contributed by atoms with E-state index < -0.39 is 18.0 Å². The molecule has 0 aliphatic carbocycles. The second kappa shape index (κ2) is 5.26. The smallest absolute Gasteiger partial charge is 0.326 e. The first kappa shape index (κ1) is 12.9. The van der Waals surface area contributed by atoms with Crippen LogP contribution in [0, 0.1) is 0 Å². The van der Waals surface area contributed by atoms with Crippen LogP contribution < -0.4 is 5.32 Å². The van der Waals surface area contributed by atoms with Gasteiger partial charge in [-0.05, 0) is 22.9 Å². The summed E-state index contributed by atoms with van der Waals surface area (Å²) < 4.78 is 0.789. The van der Waals surface area contributed by atoms with Crippen LogP contribution in [0.4, 0.5) is 9.93 Å². The summed E-state index contributed by atoms with van der Waals surface area (Å²) in [6, 6.07) is -1.39. The van der Waals surface area contributed by atoms with Crippen LogP contribution in [0.2, 0.25) is 0 Å². The van der Waals surface area contributed by atoms with Crippen molar-refractivity contribution in [3.05, 3.63) is 9.98 Å². The zero-order valence-electron chi connectivity index (χ0n) is 8.60. The molecule has 1 rings (SSSR count). The maximum atomic E-state index is 11.6. The molecule has 0 saturated heterocycles. The highest BCUT2D eigenvalue weighted by Gasteiger charge is 2.22. The van der Waals surface area contributed by atoms with Gasteiger partial charge in [0.2, 0.25) is 0 Å². The summed E-state index contributed by atoms with van der Waals surface area (Å²) in [6.07, 6.45) is 1.56. The molecule has 0 bridgehead atoms. The van der Waals surface area contributed by atoms with Crippen molar-refractivity contribution in [2.24, 2.45) is 0 Å². The number of hydrogen-bond acceptors (Lipinski definition) is 4. The van der Waals surface area contributed by atoms with Crippen molar-refractivity contribution in [1.29, 1.82) is 0 Å². The molecule has 0 saturated carbocycles. The average molecular weight is 308 g/mol. The lowest BCUT2D eigenvalue weighted by atomic mass is 10.3. The Morgan fingerprint density at radius 3 is 2.75 bits per heavy atom. The number of thiazole rings is 1. The summed E-state index contributed by atoms with van der Waals surface area (Å²) in [7, 11) is 1.41. The molecule has 1 atom stereocenters. The molecule has 2 amide bonds. The monoisotopic (exact) mass is 307 g/mol. The van der Waals surface area contributed by atoms with Crippen LogP contribution in [0.15, 0.2) is 9.98 Å². The number of aromatic nitrogens is 1. The minimum Gasteiger partial charge on any atom is -0.480 e. The average Bonchev–Trinajstić information content (AvgIpc) is 2.61. The third kappa shape index (κ3) is 3.17. The SMILES string of the molecule is CC(C(=O)O)N(C)C(=O)Nc1ncc(Br)s1. The maximum Gasteiger partial charge on any atom is 0.326 e. The summed E-state index contributed by atoms with van der Waals surface area (Å²) >= 11 is 4.46. The second-order valence-electron chi connectivity index (χ2n) is 3.02. The van der Waals surface area contributed by atoms with Crippen LogP contribution in [0.25, 0.3) is 0 Å². The fourth-order valence-electron chi connectivity index (χ4n) is 0.833. The van der Waals surface area contributed by atoms with Gasteiger partial charge >= 0.3 is 12.0 Å². The lowest BCUT2D eigenvalue weighted by Gasteiger charge is -2.20. The van der Waals surface area contributed by atoms with Crippen molar-refractivity contribution in [2.45, 2.75) is 13.0 Å². The number of nitrogens with one attached hydrogen (secondary N) is 1. The van der Waals surface area contributed by atoms with Crippen molar-refractivity contribution >= 4 is 44.4 Å². The normalized spacial score (nSPS) is 11.9. The highest BCUT2D eigenvalue weighted by atomic mass is 79.9. The quantitative estimate of drug-likeness (QED) is 0.892. The van der Waals surface area contributed by atoms with E-state index in [-0.39, 0.29) is 0 Å². The Labute approximate surface area is 104 Å². The number of carbonyl (C=O) groups excluding carboxylic acids is 1. The summed E-state index contributed by atoms with van der Waals surface area (Å²) in [5.41, 5.74) is 0. The van der Waals surface area contributed by atoms with E-state index in [4.69, 9.17) is 5.11 Å². The Balaban J connectivity index is 2.62. The summed E-state index contributed by atoms with van der Waals surface area (Å²) in [4.78, 5) is 27.2. The van der Waals surface area contributed by atoms with E-state index in [0.717, 1.165) is 8.69 Å². The van der Waals surface area contributed by atoms with Gasteiger partial charge in [-0.1, -0.05) is 11.3 Å². The third-order valence-electron chi connectivity index (χ3n) is 1.95. The number of nitrogens with zero attached hydrogens (tertiary/aromatic N) is 2. The van der Waals surface area contributed by atoms with Crippen molar-refractivity contribution in [3.8, 4) is 0 Å². The van der Waals surface area contributed by atoms with Gasteiger partial charge in [0.05, 0.1) is 9.98 Å². The number of hydrogen-bond donors (Lipinski definition) is 2. The molecule has 1 aromatic rings. The molecule has 0 fully saturated rings. The molecule has 16 heavy (non-hydrogen) atoms. The fraction of sp³-hybridized carbons (Fsp3) is 0.375. The van der Waals surface area contributed by atoms with Gasteiger partial charge < -0.3 is 10.0 Å². The first-order valence-corrected chi connectivity index (χ1v) is 5.90. The van der Waals surface area contributed by atoms with Crippen molar-refractivity contribution in [3.63, 3.8) is 0 Å². The Kier molecular flexibility index (Phi) is 4.25. The Morgan fingerprint density at radius 2 is 2.31 bits per heavy atom. The fourth-order valence-corrected chi connectivity index (χ4v) is 1.93. The Bertz CT molecular complexity index is 409. The number of likely N-dealkylation sites (N-methyl/N-ethyl adjacent to an activating group) is 1. The molecule has 0 aliphatic rings. The van der Waals surface area contributed by atoms with Gasteiger partial charge in [-0.3, -0.25) is 5.32 Å². The topological polar surface area (TPSA) is 82.5 Å². The number of carbonyl (C=O) groups is 2. The van der Waals surface area contributed by atoms with Gasteiger partial charge in [0.1, 0.15) is 6.04 Å². The molecule has 0 aliphatic heterocycles. The molecule has 1 heterocycles. The number of halogens is 1. The van der Waals surface area contributed by atoms with Crippen LogP contribution in [0.3, 0.4) is 0 Å². The molecule has 1 aromatic heterocycles. The van der Waals surface area contributed by atoms with Gasteiger partial charge in [-0.15, -0.1) is 0 Å². The van der Waals surface area contributed by atoms with E-state index in [9.17, 15) is 9.59 Å². The summed E-state index contributed by atoms with van der Waals surface area (Å²) in [5.74, 6) is -1.06. The third-order valence-corrected chi connectivity index (χ3v) is 3.34. The van der Waals surface area contributed by atoms with E-state index in [0.29, 0.717) is 5.13 Å². The molecule has 8 heteroatoms. The van der Waals surface area contributed by atoms with Crippen LogP contribution in [-0.4, -0.2) is 40.1 Å². The minimum absolute atomic E-state index is 0.418. The zero-order chi connectivity index (χ0) is 12.3. The molecule has 0 aromatic carbocycles. The minimum atomic E-state index is -1.06. The predicted octanol–water partition coefficient (Wildman–Crippen LogP) is 1.84. The number of aliphatic carboxylic acids is 1. The molecule has 6 nitrogen and oxygen atoms in total. The highest BCUT2D eigenvalue weighted by molar-refractivity contribution is 9.11. The van der Waals surface area contributed by atoms with Gasteiger partial charge in [0, 0.05) is 7.05 Å². The molecule has 1 unspecified atom stereocenters. The Morgan fingerprint density at radius 1 is 1.69 bits per heavy atom. The lowest BCUT2D eigenvalue weighted by molar-refractivity contribution is -0.141. The zero-order valence-corrected chi connectivity index (χ0v) is 11.0. The van der Waals surface area contributed by atoms with Gasteiger partial charge in [0.25, 0.3) is 0 Å². The standard InChI is InChI=1S/C8H10BrN3O3S/c1-4(6(13)14)12(2)8(15)11-7-10-3-5(9)16-7/h3-4H,1-2H3,(H,13,14)(H,10,11,15). The van der Waals surface area contributed by atoms with Gasteiger partial charge in [0.15, 0.2) is 5.13 Å². The van der Waals surface area contributed by atoms with E-state index in [1.54, 1.807) is 6.20 Å². The number of urea groups is 1. The molecule has 88 valence electrons. The second-order valence-corrected chi connectivity index (χ2v) is 5.43.